The van der Waals surface area contributed by atoms with Crippen molar-refractivity contribution in [3.8, 4) is 0 Å². The van der Waals surface area contributed by atoms with Gasteiger partial charge in [-0.1, -0.05) is 6.92 Å². The van der Waals surface area contributed by atoms with Gasteiger partial charge in [0.05, 0.1) is 5.92 Å². The van der Waals surface area contributed by atoms with E-state index in [0.717, 1.165) is 6.92 Å². The van der Waals surface area contributed by atoms with Crippen LogP contribution in [-0.4, -0.2) is 11.1 Å². The molecule has 0 bridgehead atoms. The number of rotatable bonds is 3. The van der Waals surface area contributed by atoms with E-state index in [-0.39, 0.29) is 0 Å². The van der Waals surface area contributed by atoms with Crippen LogP contribution in [0.1, 0.15) is 12.5 Å². The maximum Gasteiger partial charge on any atom is 0.306 e. The smallest absolute Gasteiger partial charge is 0.306 e. The molecule has 2 nitrogen and oxygen atoms in total. The van der Waals surface area contributed by atoms with E-state index in [1.54, 1.807) is 0 Å². The Balaban J connectivity index is 3.30. The lowest BCUT2D eigenvalue weighted by atomic mass is 10.00. The van der Waals surface area contributed by atoms with Gasteiger partial charge in [-0.15, -0.1) is 0 Å². The fraction of sp³-hybridized carbons (Fsp3) is 0.300. The maximum atomic E-state index is 13.1. The van der Waals surface area contributed by atoms with E-state index in [0.29, 0.717) is 0 Å². The molecule has 7 heteroatoms. The third-order valence-corrected chi connectivity index (χ3v) is 2.23. The number of hydrogen-bond donors (Lipinski definition) is 1. The van der Waals surface area contributed by atoms with Crippen LogP contribution >= 0.6 is 0 Å². The average Bonchev–Trinajstić information content (AvgIpc) is 2.29. The van der Waals surface area contributed by atoms with Crippen LogP contribution in [0, 0.1) is 35.0 Å². The van der Waals surface area contributed by atoms with Crippen molar-refractivity contribution in [3.05, 3.63) is 34.6 Å². The molecule has 1 atom stereocenters. The molecule has 0 spiro atoms. The fourth-order valence-corrected chi connectivity index (χ4v) is 1.22. The van der Waals surface area contributed by atoms with Gasteiger partial charge in [0, 0.05) is 5.56 Å². The zero-order chi connectivity index (χ0) is 13.3. The Morgan fingerprint density at radius 1 is 1.00 bits per heavy atom. The molecule has 0 fully saturated rings. The maximum absolute atomic E-state index is 13.1. The summed E-state index contributed by atoms with van der Waals surface area (Å²) >= 11 is 0. The summed E-state index contributed by atoms with van der Waals surface area (Å²) in [6.07, 6.45) is -0.777. The van der Waals surface area contributed by atoms with Gasteiger partial charge >= 0.3 is 5.97 Å². The molecule has 0 saturated carbocycles. The van der Waals surface area contributed by atoms with Gasteiger partial charge in [0.25, 0.3) is 0 Å². The van der Waals surface area contributed by atoms with Crippen LogP contribution < -0.4 is 0 Å². The van der Waals surface area contributed by atoms with Crippen molar-refractivity contribution in [1.82, 2.24) is 0 Å². The van der Waals surface area contributed by atoms with Crippen molar-refractivity contribution >= 4 is 5.97 Å². The first-order chi connectivity index (χ1) is 7.77. The van der Waals surface area contributed by atoms with Gasteiger partial charge in [-0.25, -0.2) is 22.0 Å². The summed E-state index contributed by atoms with van der Waals surface area (Å²) in [4.78, 5) is 10.5. The summed E-state index contributed by atoms with van der Waals surface area (Å²) in [6, 6.07) is 0. The molecule has 0 aliphatic rings. The number of benzene rings is 1. The number of hydrogen-bond acceptors (Lipinski definition) is 1. The lowest BCUT2D eigenvalue weighted by molar-refractivity contribution is -0.141. The van der Waals surface area contributed by atoms with Gasteiger partial charge in [-0.3, -0.25) is 4.79 Å². The summed E-state index contributed by atoms with van der Waals surface area (Å²) < 4.78 is 64.4. The molecular weight excluding hydrogens is 247 g/mol. The second-order valence-corrected chi connectivity index (χ2v) is 3.49. The van der Waals surface area contributed by atoms with Crippen LogP contribution in [0.4, 0.5) is 22.0 Å². The largest absolute Gasteiger partial charge is 0.481 e. The van der Waals surface area contributed by atoms with E-state index in [1.807, 2.05) is 0 Å². The highest BCUT2D eigenvalue weighted by molar-refractivity contribution is 5.69. The van der Waals surface area contributed by atoms with Gasteiger partial charge in [0.15, 0.2) is 23.3 Å². The van der Waals surface area contributed by atoms with Gasteiger partial charge in [-0.2, -0.15) is 0 Å². The minimum absolute atomic E-state index is 0.777. The Kier molecular flexibility index (Phi) is 3.69. The van der Waals surface area contributed by atoms with Crippen molar-refractivity contribution in [2.75, 3.05) is 0 Å². The SMILES string of the molecule is C[C@@H](Cc1c(F)c(F)c(F)c(F)c1F)C(=O)O. The topological polar surface area (TPSA) is 37.3 Å². The minimum Gasteiger partial charge on any atom is -0.481 e. The zero-order valence-electron chi connectivity index (χ0n) is 8.53. The summed E-state index contributed by atoms with van der Waals surface area (Å²) in [5.74, 6) is -13.0. The molecule has 0 radical (unpaired) electrons. The molecule has 94 valence electrons. The molecule has 0 aliphatic carbocycles. The average molecular weight is 254 g/mol. The predicted molar refractivity (Wildman–Crippen MR) is 46.7 cm³/mol. The van der Waals surface area contributed by atoms with E-state index in [9.17, 15) is 26.7 Å². The number of carboxylic acids is 1. The summed E-state index contributed by atoms with van der Waals surface area (Å²) in [5, 5.41) is 8.51. The third-order valence-electron chi connectivity index (χ3n) is 2.23. The first-order valence-corrected chi connectivity index (χ1v) is 4.50. The molecule has 1 rings (SSSR count). The second kappa shape index (κ2) is 4.68. The predicted octanol–water partition coefficient (Wildman–Crippen LogP) is 2.65. The van der Waals surface area contributed by atoms with E-state index in [4.69, 9.17) is 5.11 Å². The molecule has 0 unspecified atom stereocenters. The van der Waals surface area contributed by atoms with Gasteiger partial charge in [0.1, 0.15) is 0 Å². The number of carboxylic acid groups (broad SMARTS) is 1. The number of aliphatic carboxylic acids is 1. The first kappa shape index (κ1) is 13.4. The molecule has 0 aliphatic heterocycles. The molecule has 0 saturated heterocycles. The first-order valence-electron chi connectivity index (χ1n) is 4.50. The van der Waals surface area contributed by atoms with Crippen LogP contribution in [-0.2, 0) is 11.2 Å². The van der Waals surface area contributed by atoms with Crippen LogP contribution in [0.25, 0.3) is 0 Å². The van der Waals surface area contributed by atoms with Crippen LogP contribution in [0.5, 0.6) is 0 Å². The Bertz CT molecular complexity index is 443. The highest BCUT2D eigenvalue weighted by atomic mass is 19.2. The van der Waals surface area contributed by atoms with Crippen molar-refractivity contribution < 1.29 is 31.9 Å². The van der Waals surface area contributed by atoms with Crippen LogP contribution in [0.2, 0.25) is 0 Å². The fourth-order valence-electron chi connectivity index (χ4n) is 1.22. The Morgan fingerprint density at radius 2 is 1.35 bits per heavy atom. The lowest BCUT2D eigenvalue weighted by Gasteiger charge is -2.10. The van der Waals surface area contributed by atoms with Gasteiger partial charge in [-0.05, 0) is 6.42 Å². The highest BCUT2D eigenvalue weighted by Crippen LogP contribution is 2.25. The Labute approximate surface area is 92.7 Å². The molecule has 0 heterocycles. The molecular formula is C10H7F5O2. The molecule has 0 aromatic heterocycles. The van der Waals surface area contributed by atoms with Crippen molar-refractivity contribution in [2.24, 2.45) is 5.92 Å². The monoisotopic (exact) mass is 254 g/mol. The van der Waals surface area contributed by atoms with E-state index in [2.05, 4.69) is 0 Å². The Hall–Kier alpha value is -1.66. The van der Waals surface area contributed by atoms with Gasteiger partial charge < -0.3 is 5.11 Å². The quantitative estimate of drug-likeness (QED) is 0.511. The normalized spacial score (nSPS) is 12.6. The third kappa shape index (κ3) is 2.37. The summed E-state index contributed by atoms with van der Waals surface area (Å²) in [5.41, 5.74) is -1.11. The minimum atomic E-state index is -2.26. The molecule has 1 N–H and O–H groups in total. The molecule has 0 amide bonds. The van der Waals surface area contributed by atoms with E-state index < -0.39 is 53.0 Å². The van der Waals surface area contributed by atoms with Crippen molar-refractivity contribution in [2.45, 2.75) is 13.3 Å². The standard InChI is InChI=1S/C10H7F5O2/c1-3(10(16)17)2-4-5(11)7(13)9(15)8(14)6(4)12/h3H,2H2,1H3,(H,16,17)/t3-/m0/s1. The van der Waals surface area contributed by atoms with Crippen molar-refractivity contribution in [1.29, 1.82) is 0 Å². The highest BCUT2D eigenvalue weighted by Gasteiger charge is 2.27. The van der Waals surface area contributed by atoms with E-state index in [1.165, 1.54) is 0 Å². The number of halogens is 5. The van der Waals surface area contributed by atoms with Crippen molar-refractivity contribution in [3.63, 3.8) is 0 Å². The van der Waals surface area contributed by atoms with Gasteiger partial charge in [0.2, 0.25) is 5.82 Å². The summed E-state index contributed by atoms with van der Waals surface area (Å²) in [7, 11) is 0. The molecule has 1 aromatic carbocycles. The van der Waals surface area contributed by atoms with Crippen LogP contribution in [0.3, 0.4) is 0 Å². The lowest BCUT2D eigenvalue weighted by Crippen LogP contribution is -2.16. The second-order valence-electron chi connectivity index (χ2n) is 3.49. The molecule has 1 aromatic rings. The van der Waals surface area contributed by atoms with E-state index >= 15 is 0 Å². The Morgan fingerprint density at radius 3 is 1.71 bits per heavy atom. The molecule has 17 heavy (non-hydrogen) atoms. The zero-order valence-corrected chi connectivity index (χ0v) is 8.53. The number of carbonyl (C=O) groups is 1. The van der Waals surface area contributed by atoms with Crippen LogP contribution in [0.15, 0.2) is 0 Å². The summed E-state index contributed by atoms with van der Waals surface area (Å²) in [6.45, 7) is 1.10.